The molecule has 1 aromatic heterocycles. The summed E-state index contributed by atoms with van der Waals surface area (Å²) in [6.45, 7) is 2.52. The van der Waals surface area contributed by atoms with E-state index in [2.05, 4.69) is 22.5 Å². The number of hydrogen-bond acceptors (Lipinski definition) is 2. The van der Waals surface area contributed by atoms with Gasteiger partial charge >= 0.3 is 6.18 Å². The van der Waals surface area contributed by atoms with E-state index >= 15 is 0 Å². The Bertz CT molecular complexity index is 393. The van der Waals surface area contributed by atoms with Gasteiger partial charge in [-0.1, -0.05) is 13.0 Å². The molecule has 1 heterocycles. The second-order valence-electron chi connectivity index (χ2n) is 4.16. The molecule has 1 rings (SSSR count). The highest BCUT2D eigenvalue weighted by atomic mass is 127. The molecule has 1 unspecified atom stereocenters. The first kappa shape index (κ1) is 19.5. The van der Waals surface area contributed by atoms with Gasteiger partial charge in [0.25, 0.3) is 0 Å². The minimum absolute atomic E-state index is 0. The van der Waals surface area contributed by atoms with Crippen molar-refractivity contribution >= 4 is 41.3 Å². The van der Waals surface area contributed by atoms with Crippen LogP contribution in [-0.4, -0.2) is 32.3 Å². The third kappa shape index (κ3) is 7.93. The van der Waals surface area contributed by atoms with Gasteiger partial charge in [0.2, 0.25) is 0 Å². The lowest BCUT2D eigenvalue weighted by Gasteiger charge is -2.15. The molecule has 0 fully saturated rings. The highest BCUT2D eigenvalue weighted by molar-refractivity contribution is 14.0. The van der Waals surface area contributed by atoms with E-state index in [-0.39, 0.29) is 30.5 Å². The van der Waals surface area contributed by atoms with Gasteiger partial charge in [-0.05, 0) is 11.4 Å². The lowest BCUT2D eigenvalue weighted by atomic mass is 10.1. The third-order valence-corrected chi connectivity index (χ3v) is 3.63. The first-order valence-electron chi connectivity index (χ1n) is 5.97. The predicted octanol–water partition coefficient (Wildman–Crippen LogP) is 3.59. The van der Waals surface area contributed by atoms with Crippen LogP contribution in [-0.2, 0) is 0 Å². The van der Waals surface area contributed by atoms with Gasteiger partial charge in [0.1, 0.15) is 0 Å². The topological polar surface area (TPSA) is 36.4 Å². The Morgan fingerprint density at radius 2 is 2.10 bits per heavy atom. The van der Waals surface area contributed by atoms with Crippen LogP contribution >= 0.6 is 35.3 Å². The molecule has 0 saturated heterocycles. The maximum atomic E-state index is 12.0. The zero-order valence-corrected chi connectivity index (χ0v) is 14.5. The summed E-state index contributed by atoms with van der Waals surface area (Å²) >= 11 is 1.66. The summed E-state index contributed by atoms with van der Waals surface area (Å²) in [6, 6.07) is 4.02. The molecule has 0 spiro atoms. The average Bonchev–Trinajstić information content (AvgIpc) is 2.85. The molecule has 0 amide bonds. The van der Waals surface area contributed by atoms with E-state index in [9.17, 15) is 13.2 Å². The molecule has 0 radical (unpaired) electrons. The number of thiophene rings is 1. The fourth-order valence-electron chi connectivity index (χ4n) is 1.47. The van der Waals surface area contributed by atoms with Gasteiger partial charge in [0.15, 0.2) is 5.96 Å². The van der Waals surface area contributed by atoms with Crippen molar-refractivity contribution in [2.75, 3.05) is 20.1 Å². The Morgan fingerprint density at radius 3 is 2.60 bits per heavy atom. The largest absolute Gasteiger partial charge is 0.390 e. The predicted molar refractivity (Wildman–Crippen MR) is 88.2 cm³/mol. The zero-order chi connectivity index (χ0) is 14.3. The molecule has 0 aliphatic heterocycles. The maximum Gasteiger partial charge on any atom is 0.390 e. The molecule has 0 aromatic carbocycles. The van der Waals surface area contributed by atoms with Crippen LogP contribution in [0.15, 0.2) is 22.5 Å². The van der Waals surface area contributed by atoms with Crippen molar-refractivity contribution in [1.82, 2.24) is 10.6 Å². The van der Waals surface area contributed by atoms with Gasteiger partial charge in [0.05, 0.1) is 6.42 Å². The molecule has 3 nitrogen and oxygen atoms in total. The number of nitrogens with one attached hydrogen (secondary N) is 2. The minimum atomic E-state index is -4.14. The highest BCUT2D eigenvalue weighted by Gasteiger charge is 2.26. The lowest BCUT2D eigenvalue weighted by Crippen LogP contribution is -2.40. The van der Waals surface area contributed by atoms with Crippen LogP contribution in [0.25, 0.3) is 0 Å². The second-order valence-corrected chi connectivity index (χ2v) is 5.14. The standard InChI is InChI=1S/C12H18F3N3S.HI/c1-9(10-4-3-7-19-10)8-18-11(16-2)17-6-5-12(13,14)15;/h3-4,7,9H,5-6,8H2,1-2H3,(H2,16,17,18);1H. The van der Waals surface area contributed by atoms with Gasteiger partial charge in [0, 0.05) is 30.9 Å². The summed E-state index contributed by atoms with van der Waals surface area (Å²) in [4.78, 5) is 5.13. The van der Waals surface area contributed by atoms with Crippen LogP contribution in [0.3, 0.4) is 0 Å². The Morgan fingerprint density at radius 1 is 1.40 bits per heavy atom. The van der Waals surface area contributed by atoms with Crippen molar-refractivity contribution < 1.29 is 13.2 Å². The summed E-state index contributed by atoms with van der Waals surface area (Å²) in [7, 11) is 1.54. The van der Waals surface area contributed by atoms with Gasteiger partial charge < -0.3 is 10.6 Å². The summed E-state index contributed by atoms with van der Waals surface area (Å²) in [5.41, 5.74) is 0. The monoisotopic (exact) mass is 421 g/mol. The summed E-state index contributed by atoms with van der Waals surface area (Å²) in [5, 5.41) is 7.67. The molecule has 8 heteroatoms. The number of aliphatic imine (C=N–C) groups is 1. The van der Waals surface area contributed by atoms with E-state index in [1.165, 1.54) is 4.88 Å². The normalized spacial score (nSPS) is 13.6. The Kier molecular flexibility index (Phi) is 9.19. The van der Waals surface area contributed by atoms with Crippen molar-refractivity contribution in [1.29, 1.82) is 0 Å². The van der Waals surface area contributed by atoms with Crippen molar-refractivity contribution in [3.05, 3.63) is 22.4 Å². The number of halogens is 4. The molecule has 1 atom stereocenters. The quantitative estimate of drug-likeness (QED) is 0.433. The van der Waals surface area contributed by atoms with E-state index in [1.807, 2.05) is 17.5 Å². The Labute approximate surface area is 138 Å². The van der Waals surface area contributed by atoms with Crippen LogP contribution in [0.5, 0.6) is 0 Å². The number of alkyl halides is 3. The van der Waals surface area contributed by atoms with Crippen LogP contribution in [0, 0.1) is 0 Å². The fourth-order valence-corrected chi connectivity index (χ4v) is 2.25. The van der Waals surface area contributed by atoms with Gasteiger partial charge in [-0.3, -0.25) is 4.99 Å². The summed E-state index contributed by atoms with van der Waals surface area (Å²) in [6.07, 6.45) is -5.01. The molecular formula is C12H19F3IN3S. The number of guanidine groups is 1. The molecule has 0 aliphatic rings. The Hall–Kier alpha value is -0.510. The smallest absolute Gasteiger partial charge is 0.356 e. The van der Waals surface area contributed by atoms with Gasteiger partial charge in [-0.25, -0.2) is 0 Å². The molecule has 20 heavy (non-hydrogen) atoms. The zero-order valence-electron chi connectivity index (χ0n) is 11.3. The molecule has 1 aromatic rings. The van der Waals surface area contributed by atoms with Crippen molar-refractivity contribution in [3.63, 3.8) is 0 Å². The summed E-state index contributed by atoms with van der Waals surface area (Å²) < 4.78 is 36.0. The van der Waals surface area contributed by atoms with E-state index in [0.29, 0.717) is 18.4 Å². The Balaban J connectivity index is 0.00000361. The second kappa shape index (κ2) is 9.43. The molecule has 116 valence electrons. The van der Waals surface area contributed by atoms with E-state index in [1.54, 1.807) is 18.4 Å². The molecule has 0 bridgehead atoms. The molecule has 0 aliphatic carbocycles. The van der Waals surface area contributed by atoms with E-state index in [4.69, 9.17) is 0 Å². The van der Waals surface area contributed by atoms with Gasteiger partial charge in [-0.15, -0.1) is 35.3 Å². The molecular weight excluding hydrogens is 402 g/mol. The van der Waals surface area contributed by atoms with Crippen molar-refractivity contribution in [2.45, 2.75) is 25.4 Å². The van der Waals surface area contributed by atoms with E-state index in [0.717, 1.165) is 0 Å². The number of hydrogen-bond donors (Lipinski definition) is 2. The van der Waals surface area contributed by atoms with E-state index < -0.39 is 12.6 Å². The lowest BCUT2D eigenvalue weighted by molar-refractivity contribution is -0.132. The van der Waals surface area contributed by atoms with Crippen molar-refractivity contribution in [3.8, 4) is 0 Å². The highest BCUT2D eigenvalue weighted by Crippen LogP contribution is 2.19. The number of nitrogens with zero attached hydrogens (tertiary/aromatic N) is 1. The fraction of sp³-hybridized carbons (Fsp3) is 0.583. The minimum Gasteiger partial charge on any atom is -0.356 e. The van der Waals surface area contributed by atoms with Crippen LogP contribution < -0.4 is 10.6 Å². The maximum absolute atomic E-state index is 12.0. The average molecular weight is 421 g/mol. The molecule has 0 saturated carbocycles. The first-order valence-corrected chi connectivity index (χ1v) is 6.85. The SMILES string of the molecule is CN=C(NCCC(F)(F)F)NCC(C)c1cccs1.I. The van der Waals surface area contributed by atoms with Crippen molar-refractivity contribution in [2.24, 2.45) is 4.99 Å². The van der Waals surface area contributed by atoms with Crippen LogP contribution in [0.1, 0.15) is 24.1 Å². The van der Waals surface area contributed by atoms with Crippen LogP contribution in [0.4, 0.5) is 13.2 Å². The molecule has 2 N–H and O–H groups in total. The van der Waals surface area contributed by atoms with Gasteiger partial charge in [-0.2, -0.15) is 13.2 Å². The third-order valence-electron chi connectivity index (χ3n) is 2.53. The summed E-state index contributed by atoms with van der Waals surface area (Å²) in [5.74, 6) is 0.689. The van der Waals surface area contributed by atoms with Crippen LogP contribution in [0.2, 0.25) is 0 Å². The first-order chi connectivity index (χ1) is 8.92. The number of rotatable bonds is 5.